The lowest BCUT2D eigenvalue weighted by molar-refractivity contribution is 0.866. The molecule has 0 unspecified atom stereocenters. The molecular formula is C17H20N6. The minimum absolute atomic E-state index is 0.0926. The van der Waals surface area contributed by atoms with Crippen molar-refractivity contribution in [3.63, 3.8) is 0 Å². The van der Waals surface area contributed by atoms with Gasteiger partial charge in [-0.2, -0.15) is 20.2 Å². The molecule has 6 heteroatoms. The van der Waals surface area contributed by atoms with E-state index in [-0.39, 0.29) is 11.8 Å². The normalized spacial score (nSPS) is 11.4. The summed E-state index contributed by atoms with van der Waals surface area (Å²) in [7, 11) is 3.61. The quantitative estimate of drug-likeness (QED) is 0.873. The number of hydrogen-bond acceptors (Lipinski definition) is 6. The van der Waals surface area contributed by atoms with Crippen LogP contribution in [0.3, 0.4) is 0 Å². The van der Waals surface area contributed by atoms with Crippen molar-refractivity contribution in [1.82, 2.24) is 15.0 Å². The molecule has 6 nitrogen and oxygen atoms in total. The number of aromatic nitrogens is 3. The highest BCUT2D eigenvalue weighted by atomic mass is 15.3. The number of benzene rings is 1. The fourth-order valence-electron chi connectivity index (χ4n) is 1.99. The first-order valence-electron chi connectivity index (χ1n) is 7.31. The van der Waals surface area contributed by atoms with Crippen molar-refractivity contribution in [3.8, 4) is 6.07 Å². The summed E-state index contributed by atoms with van der Waals surface area (Å²) in [4.78, 5) is 14.1. The smallest absolute Gasteiger partial charge is 0.230 e. The van der Waals surface area contributed by atoms with Gasteiger partial charge in [0.1, 0.15) is 6.07 Å². The van der Waals surface area contributed by atoms with E-state index in [4.69, 9.17) is 5.73 Å². The third kappa shape index (κ3) is 4.04. The fraction of sp³-hybridized carbons (Fsp3) is 0.294. The second-order valence-corrected chi connectivity index (χ2v) is 5.70. The average Bonchev–Trinajstić information content (AvgIpc) is 2.52. The van der Waals surface area contributed by atoms with Crippen molar-refractivity contribution >= 4 is 23.5 Å². The lowest BCUT2D eigenvalue weighted by atomic mass is 10.0. The highest BCUT2D eigenvalue weighted by molar-refractivity contribution is 5.87. The van der Waals surface area contributed by atoms with Gasteiger partial charge in [-0.15, -0.1) is 0 Å². The molecule has 1 heterocycles. The van der Waals surface area contributed by atoms with E-state index in [9.17, 15) is 5.26 Å². The summed E-state index contributed by atoms with van der Waals surface area (Å²) in [5.74, 6) is 1.25. The van der Waals surface area contributed by atoms with E-state index in [1.165, 1.54) is 5.56 Å². The fourth-order valence-corrected chi connectivity index (χ4v) is 1.99. The van der Waals surface area contributed by atoms with E-state index >= 15 is 0 Å². The van der Waals surface area contributed by atoms with E-state index in [1.54, 1.807) is 25.1 Å². The predicted molar refractivity (Wildman–Crippen MR) is 92.6 cm³/mol. The molecule has 2 rings (SSSR count). The highest BCUT2D eigenvalue weighted by Gasteiger charge is 2.10. The predicted octanol–water partition coefficient (Wildman–Crippen LogP) is 2.71. The van der Waals surface area contributed by atoms with Crippen LogP contribution in [0.2, 0.25) is 0 Å². The Kier molecular flexibility index (Phi) is 4.91. The Labute approximate surface area is 136 Å². The van der Waals surface area contributed by atoms with Gasteiger partial charge in [0.2, 0.25) is 11.9 Å². The summed E-state index contributed by atoms with van der Waals surface area (Å²) in [5, 5.41) is 9.43. The van der Waals surface area contributed by atoms with Crippen LogP contribution >= 0.6 is 0 Å². The molecule has 1 aromatic heterocycles. The molecule has 23 heavy (non-hydrogen) atoms. The summed E-state index contributed by atoms with van der Waals surface area (Å²) >= 11 is 0. The van der Waals surface area contributed by atoms with Crippen LogP contribution in [-0.4, -0.2) is 29.0 Å². The van der Waals surface area contributed by atoms with Gasteiger partial charge < -0.3 is 10.6 Å². The van der Waals surface area contributed by atoms with Crippen molar-refractivity contribution in [2.45, 2.75) is 19.8 Å². The molecule has 0 atom stereocenters. The number of nitrogens with zero attached hydrogens (tertiary/aromatic N) is 5. The number of anilines is 2. The number of nitrogen functional groups attached to an aromatic ring is 1. The number of rotatable bonds is 4. The number of hydrogen-bond donors (Lipinski definition) is 1. The number of allylic oxidation sites excluding steroid dienone is 1. The molecule has 0 amide bonds. The summed E-state index contributed by atoms with van der Waals surface area (Å²) < 4.78 is 0. The van der Waals surface area contributed by atoms with Crippen LogP contribution < -0.4 is 10.6 Å². The van der Waals surface area contributed by atoms with Gasteiger partial charge in [-0.3, -0.25) is 0 Å². The maximum Gasteiger partial charge on any atom is 0.230 e. The molecule has 0 saturated heterocycles. The number of nitrogens with two attached hydrogens (primary N) is 1. The van der Waals surface area contributed by atoms with E-state index < -0.39 is 0 Å². The van der Waals surface area contributed by atoms with Crippen LogP contribution in [0, 0.1) is 11.3 Å². The van der Waals surface area contributed by atoms with Gasteiger partial charge in [0, 0.05) is 14.1 Å². The maximum absolute atomic E-state index is 9.43. The third-order valence-electron chi connectivity index (χ3n) is 3.32. The zero-order valence-corrected chi connectivity index (χ0v) is 13.8. The second-order valence-electron chi connectivity index (χ2n) is 5.70. The van der Waals surface area contributed by atoms with Crippen molar-refractivity contribution in [1.29, 1.82) is 5.26 Å². The molecular weight excluding hydrogens is 288 g/mol. The van der Waals surface area contributed by atoms with Crippen LogP contribution in [0.4, 0.5) is 11.9 Å². The molecule has 0 saturated carbocycles. The van der Waals surface area contributed by atoms with Crippen molar-refractivity contribution in [2.24, 2.45) is 0 Å². The SMILES string of the molecule is CC(C)c1ccc(C=C(C#N)c2nc(N)nc(N(C)C)n2)cc1. The summed E-state index contributed by atoms with van der Waals surface area (Å²) in [6.07, 6.45) is 1.75. The van der Waals surface area contributed by atoms with Crippen LogP contribution in [-0.2, 0) is 0 Å². The first-order chi connectivity index (χ1) is 10.9. The molecule has 0 aliphatic carbocycles. The molecule has 0 bridgehead atoms. The molecule has 0 spiro atoms. The Balaban J connectivity index is 2.41. The lowest BCUT2D eigenvalue weighted by Gasteiger charge is -2.11. The first-order valence-corrected chi connectivity index (χ1v) is 7.31. The topological polar surface area (TPSA) is 91.7 Å². The molecule has 1 aromatic carbocycles. The van der Waals surface area contributed by atoms with E-state index in [0.717, 1.165) is 5.56 Å². The molecule has 118 valence electrons. The van der Waals surface area contributed by atoms with Crippen LogP contribution in [0.15, 0.2) is 24.3 Å². The van der Waals surface area contributed by atoms with Crippen molar-refractivity contribution in [3.05, 3.63) is 41.2 Å². The van der Waals surface area contributed by atoms with Crippen molar-refractivity contribution < 1.29 is 0 Å². The van der Waals surface area contributed by atoms with Gasteiger partial charge in [0.15, 0.2) is 5.82 Å². The minimum Gasteiger partial charge on any atom is -0.368 e. The van der Waals surface area contributed by atoms with E-state index in [1.807, 2.05) is 12.1 Å². The van der Waals surface area contributed by atoms with Gasteiger partial charge >= 0.3 is 0 Å². The zero-order chi connectivity index (χ0) is 17.0. The summed E-state index contributed by atoms with van der Waals surface area (Å²) in [6, 6.07) is 10.2. The lowest BCUT2D eigenvalue weighted by Crippen LogP contribution is -2.15. The van der Waals surface area contributed by atoms with Crippen LogP contribution in [0.25, 0.3) is 11.6 Å². The van der Waals surface area contributed by atoms with Crippen LogP contribution in [0.5, 0.6) is 0 Å². The Morgan fingerprint density at radius 1 is 1.17 bits per heavy atom. The Hall–Kier alpha value is -2.94. The van der Waals surface area contributed by atoms with Gasteiger partial charge in [0.25, 0.3) is 0 Å². The number of nitriles is 1. The molecule has 0 radical (unpaired) electrons. The zero-order valence-electron chi connectivity index (χ0n) is 13.8. The van der Waals surface area contributed by atoms with Gasteiger partial charge in [-0.1, -0.05) is 38.1 Å². The van der Waals surface area contributed by atoms with Crippen molar-refractivity contribution in [2.75, 3.05) is 24.7 Å². The largest absolute Gasteiger partial charge is 0.368 e. The minimum atomic E-state index is 0.0926. The molecule has 0 fully saturated rings. The Morgan fingerprint density at radius 2 is 1.83 bits per heavy atom. The second kappa shape index (κ2) is 6.88. The molecule has 0 aliphatic rings. The van der Waals surface area contributed by atoms with Crippen LogP contribution in [0.1, 0.15) is 36.7 Å². The molecule has 2 aromatic rings. The third-order valence-corrected chi connectivity index (χ3v) is 3.32. The average molecular weight is 308 g/mol. The summed E-state index contributed by atoms with van der Waals surface area (Å²) in [5.41, 5.74) is 8.22. The standard InChI is InChI=1S/C17H20N6/c1-11(2)13-7-5-12(6-8-13)9-14(10-18)15-20-16(19)22-17(21-15)23(3)4/h5-9,11H,1-4H3,(H2,19,20,21,22). The van der Waals surface area contributed by atoms with Gasteiger partial charge in [0.05, 0.1) is 5.57 Å². The van der Waals surface area contributed by atoms with E-state index in [2.05, 4.69) is 47.0 Å². The first kappa shape index (κ1) is 16.4. The van der Waals surface area contributed by atoms with Gasteiger partial charge in [-0.25, -0.2) is 0 Å². The molecule has 2 N–H and O–H groups in total. The Bertz CT molecular complexity index is 754. The Morgan fingerprint density at radius 3 is 2.35 bits per heavy atom. The maximum atomic E-state index is 9.43. The monoisotopic (exact) mass is 308 g/mol. The summed E-state index contributed by atoms with van der Waals surface area (Å²) in [6.45, 7) is 4.28. The van der Waals surface area contributed by atoms with E-state index in [0.29, 0.717) is 17.4 Å². The highest BCUT2D eigenvalue weighted by Crippen LogP contribution is 2.19. The van der Waals surface area contributed by atoms with Gasteiger partial charge in [-0.05, 0) is 23.1 Å². The molecule has 0 aliphatic heterocycles.